The van der Waals surface area contributed by atoms with Crippen molar-refractivity contribution in [2.24, 2.45) is 5.92 Å². The molecule has 0 bridgehead atoms. The lowest BCUT2D eigenvalue weighted by Crippen LogP contribution is -2.60. The number of carbonyl (C=O) groups is 4. The number of hydrogen-bond donors (Lipinski definition) is 4. The van der Waals surface area contributed by atoms with Crippen molar-refractivity contribution in [1.82, 2.24) is 34.9 Å². The second kappa shape index (κ2) is 15.6. The van der Waals surface area contributed by atoms with Gasteiger partial charge in [-0.1, -0.05) is 0 Å². The monoisotopic (exact) mass is 674 g/mol. The molecule has 2 heterocycles. The van der Waals surface area contributed by atoms with Crippen LogP contribution < -0.4 is 21.6 Å². The van der Waals surface area contributed by atoms with Gasteiger partial charge in [0, 0.05) is 57.0 Å². The van der Waals surface area contributed by atoms with Gasteiger partial charge in [-0.05, 0) is 105 Å². The highest BCUT2D eigenvalue weighted by Gasteiger charge is 2.36. The Bertz CT molecular complexity index is 1350. The van der Waals surface area contributed by atoms with Gasteiger partial charge in [0.1, 0.15) is 17.0 Å². The Labute approximate surface area is 282 Å². The first kappa shape index (κ1) is 36.9. The van der Waals surface area contributed by atoms with E-state index < -0.39 is 29.0 Å². The summed E-state index contributed by atoms with van der Waals surface area (Å²) in [7, 11) is 2.19. The largest absolute Gasteiger partial charge is 0.465 e. The highest BCUT2D eigenvalue weighted by molar-refractivity contribution is 5.90. The van der Waals surface area contributed by atoms with Crippen LogP contribution in [0.5, 0.6) is 0 Å². The van der Waals surface area contributed by atoms with Crippen LogP contribution in [-0.4, -0.2) is 116 Å². The first-order valence-corrected chi connectivity index (χ1v) is 17.2. The van der Waals surface area contributed by atoms with Gasteiger partial charge in [-0.15, -0.1) is 0 Å². The minimum atomic E-state index is -1.28. The molecule has 3 aliphatic rings. The van der Waals surface area contributed by atoms with E-state index >= 15 is 0 Å². The van der Waals surface area contributed by atoms with Crippen molar-refractivity contribution in [1.29, 1.82) is 0 Å². The lowest BCUT2D eigenvalue weighted by atomic mass is 9.84. The number of nitrogens with zero attached hydrogens (tertiary/aromatic N) is 5. The number of hydrogen-bond acceptors (Lipinski definition) is 8. The average molecular weight is 675 g/mol. The van der Waals surface area contributed by atoms with E-state index in [0.717, 1.165) is 57.9 Å². The summed E-state index contributed by atoms with van der Waals surface area (Å²) in [4.78, 5) is 71.4. The standard InChI is InChI=1S/C33H54N8O7/c1-32(2,3)48-31(47)34-23-9-13-24(14-10-23)38(6)21-22-7-11-25(12-8-22)41-16-15-26(36-29(41)44)35-28(43)40-19-17-39(18-20-40)27(42)33(4,5)37-30(45)46/h15-16,22-25,37H,7-14,17-21H2,1-6H3,(H,34,47)(H,45,46)(H,35,36,43,44)/t22-,23-,24-,25-. The molecular formula is C33H54N8O7. The van der Waals surface area contributed by atoms with E-state index in [4.69, 9.17) is 9.84 Å². The molecule has 4 N–H and O–H groups in total. The number of aromatic nitrogens is 2. The lowest BCUT2D eigenvalue weighted by molar-refractivity contribution is -0.138. The summed E-state index contributed by atoms with van der Waals surface area (Å²) in [6.07, 6.45) is 7.87. The zero-order valence-corrected chi connectivity index (χ0v) is 29.3. The molecule has 0 atom stereocenters. The van der Waals surface area contributed by atoms with Gasteiger partial charge in [-0.2, -0.15) is 4.98 Å². The fraction of sp³-hybridized carbons (Fsp3) is 0.758. The molecule has 15 heteroatoms. The maximum absolute atomic E-state index is 13.0. The average Bonchev–Trinajstić information content (AvgIpc) is 3.00. The second-order valence-electron chi connectivity index (χ2n) is 15.0. The van der Waals surface area contributed by atoms with E-state index in [-0.39, 0.29) is 56.1 Å². The van der Waals surface area contributed by atoms with E-state index in [2.05, 4.69) is 32.9 Å². The normalized spacial score (nSPS) is 23.7. The molecule has 0 spiro atoms. The number of urea groups is 1. The molecule has 15 nitrogen and oxygen atoms in total. The Hall–Kier alpha value is -3.88. The molecule has 4 rings (SSSR count). The fourth-order valence-corrected chi connectivity index (χ4v) is 7.07. The summed E-state index contributed by atoms with van der Waals surface area (Å²) in [6.45, 7) is 10.7. The minimum absolute atomic E-state index is 0.0659. The number of nitrogens with one attached hydrogen (secondary N) is 3. The van der Waals surface area contributed by atoms with Crippen LogP contribution in [0, 0.1) is 5.92 Å². The summed E-state index contributed by atoms with van der Waals surface area (Å²) >= 11 is 0. The number of carbonyl (C=O) groups excluding carboxylic acids is 3. The zero-order valence-electron chi connectivity index (χ0n) is 29.3. The smallest absolute Gasteiger partial charge is 0.407 e. The summed E-state index contributed by atoms with van der Waals surface area (Å²) < 4.78 is 7.08. The van der Waals surface area contributed by atoms with Crippen LogP contribution in [-0.2, 0) is 9.53 Å². The van der Waals surface area contributed by atoms with Crippen LogP contribution in [0.3, 0.4) is 0 Å². The third kappa shape index (κ3) is 10.3. The molecular weight excluding hydrogens is 620 g/mol. The maximum atomic E-state index is 13.0. The van der Waals surface area contributed by atoms with Crippen molar-refractivity contribution in [2.75, 3.05) is 45.1 Å². The van der Waals surface area contributed by atoms with Gasteiger partial charge in [0.05, 0.1) is 0 Å². The summed E-state index contributed by atoms with van der Waals surface area (Å²) in [6, 6.07) is 1.95. The molecule has 268 valence electrons. The molecule has 1 aromatic heterocycles. The quantitative estimate of drug-likeness (QED) is 0.321. The predicted molar refractivity (Wildman–Crippen MR) is 180 cm³/mol. The van der Waals surface area contributed by atoms with Gasteiger partial charge in [-0.25, -0.2) is 19.2 Å². The van der Waals surface area contributed by atoms with Crippen molar-refractivity contribution in [3.63, 3.8) is 0 Å². The first-order chi connectivity index (χ1) is 22.5. The topological polar surface area (TPSA) is 178 Å². The number of piperazine rings is 1. The van der Waals surface area contributed by atoms with Crippen molar-refractivity contribution < 1.29 is 29.0 Å². The van der Waals surface area contributed by atoms with E-state index in [1.807, 2.05) is 20.8 Å². The first-order valence-electron chi connectivity index (χ1n) is 17.2. The summed E-state index contributed by atoms with van der Waals surface area (Å²) in [5.74, 6) is 0.379. The van der Waals surface area contributed by atoms with Gasteiger partial charge in [0.25, 0.3) is 0 Å². The van der Waals surface area contributed by atoms with Crippen LogP contribution in [0.2, 0.25) is 0 Å². The van der Waals surface area contributed by atoms with Gasteiger partial charge >= 0.3 is 23.9 Å². The van der Waals surface area contributed by atoms with Crippen molar-refractivity contribution in [3.8, 4) is 0 Å². The molecule has 0 radical (unpaired) electrons. The SMILES string of the molecule is CN(C[C@H]1CC[C@H](n2ccc(NC(=O)N3CCN(C(=O)C(C)(C)NC(=O)O)CC3)nc2=O)CC1)[C@H]1CC[C@H](NC(=O)OC(C)(C)C)CC1. The molecule has 1 aliphatic heterocycles. The van der Waals surface area contributed by atoms with Gasteiger partial charge in [0.15, 0.2) is 0 Å². The lowest BCUT2D eigenvalue weighted by Gasteiger charge is -2.38. The maximum Gasteiger partial charge on any atom is 0.407 e. The van der Waals surface area contributed by atoms with Crippen LogP contribution in [0.4, 0.5) is 20.2 Å². The van der Waals surface area contributed by atoms with Gasteiger partial charge in [-0.3, -0.25) is 14.7 Å². The Morgan fingerprint density at radius 1 is 0.938 bits per heavy atom. The van der Waals surface area contributed by atoms with Crippen LogP contribution in [0.1, 0.15) is 92.0 Å². The molecule has 5 amide bonds. The Balaban J connectivity index is 1.18. The van der Waals surface area contributed by atoms with Gasteiger partial charge in [0.2, 0.25) is 5.91 Å². The van der Waals surface area contributed by atoms with E-state index in [1.54, 1.807) is 21.7 Å². The van der Waals surface area contributed by atoms with Crippen molar-refractivity contribution >= 4 is 29.9 Å². The molecule has 0 unspecified atom stereocenters. The van der Waals surface area contributed by atoms with E-state index in [0.29, 0.717) is 12.0 Å². The van der Waals surface area contributed by atoms with Crippen LogP contribution >= 0.6 is 0 Å². The highest BCUT2D eigenvalue weighted by Crippen LogP contribution is 2.33. The molecule has 1 aromatic rings. The minimum Gasteiger partial charge on any atom is -0.465 e. The summed E-state index contributed by atoms with van der Waals surface area (Å²) in [5, 5.41) is 16.9. The molecule has 0 aromatic carbocycles. The Morgan fingerprint density at radius 3 is 2.10 bits per heavy atom. The number of rotatable bonds is 8. The van der Waals surface area contributed by atoms with E-state index in [1.165, 1.54) is 18.7 Å². The third-order valence-electron chi connectivity index (χ3n) is 9.67. The summed E-state index contributed by atoms with van der Waals surface area (Å²) in [5.41, 5.74) is -2.17. The van der Waals surface area contributed by atoms with E-state index in [9.17, 15) is 24.0 Å². The predicted octanol–water partition coefficient (Wildman–Crippen LogP) is 3.46. The second-order valence-corrected chi connectivity index (χ2v) is 15.0. The molecule has 3 fully saturated rings. The van der Waals surface area contributed by atoms with Crippen LogP contribution in [0.15, 0.2) is 17.1 Å². The molecule has 48 heavy (non-hydrogen) atoms. The number of alkyl carbamates (subject to hydrolysis) is 1. The molecule has 2 aliphatic carbocycles. The number of ether oxygens (including phenoxy) is 1. The Kier molecular flexibility index (Phi) is 12.0. The number of carboxylic acid groups (broad SMARTS) is 1. The zero-order chi connectivity index (χ0) is 35.2. The van der Waals surface area contributed by atoms with Crippen LogP contribution in [0.25, 0.3) is 0 Å². The molecule has 1 saturated heterocycles. The number of anilines is 1. The van der Waals surface area contributed by atoms with Crippen molar-refractivity contribution in [2.45, 2.75) is 115 Å². The fourth-order valence-electron chi connectivity index (χ4n) is 7.07. The van der Waals surface area contributed by atoms with Gasteiger partial charge < -0.3 is 35.2 Å². The Morgan fingerprint density at radius 2 is 1.54 bits per heavy atom. The molecule has 2 saturated carbocycles. The highest BCUT2D eigenvalue weighted by atomic mass is 16.6. The third-order valence-corrected chi connectivity index (χ3v) is 9.67. The number of amides is 5. The van der Waals surface area contributed by atoms with Crippen molar-refractivity contribution in [3.05, 3.63) is 22.7 Å².